The van der Waals surface area contributed by atoms with Gasteiger partial charge in [0, 0.05) is 22.0 Å². The van der Waals surface area contributed by atoms with E-state index in [4.69, 9.17) is 4.74 Å². The van der Waals surface area contributed by atoms with Gasteiger partial charge in [0.15, 0.2) is 0 Å². The van der Waals surface area contributed by atoms with Crippen LogP contribution in [0, 0.1) is 0 Å². The van der Waals surface area contributed by atoms with Gasteiger partial charge in [-0.1, -0.05) is 31.5 Å². The number of benzene rings is 1. The van der Waals surface area contributed by atoms with Gasteiger partial charge in [-0.25, -0.2) is 0 Å². The maximum absolute atomic E-state index is 12.2. The Labute approximate surface area is 132 Å². The van der Waals surface area contributed by atoms with Crippen LogP contribution in [0.3, 0.4) is 0 Å². The fourth-order valence-electron chi connectivity index (χ4n) is 4.12. The van der Waals surface area contributed by atoms with Crippen molar-refractivity contribution in [3.63, 3.8) is 0 Å². The summed E-state index contributed by atoms with van der Waals surface area (Å²) in [4.78, 5) is 15.8. The molecule has 1 N–H and O–H groups in total. The maximum atomic E-state index is 12.2. The van der Waals surface area contributed by atoms with Crippen LogP contribution >= 0.6 is 0 Å². The largest absolute Gasteiger partial charge is 0.466 e. The number of H-pyrrole nitrogens is 1. The highest BCUT2D eigenvalue weighted by molar-refractivity contribution is 5.86. The van der Waals surface area contributed by atoms with Crippen LogP contribution in [0.2, 0.25) is 0 Å². The summed E-state index contributed by atoms with van der Waals surface area (Å²) >= 11 is 0. The van der Waals surface area contributed by atoms with Gasteiger partial charge in [0.05, 0.1) is 13.0 Å². The molecule has 22 heavy (non-hydrogen) atoms. The predicted molar refractivity (Wildman–Crippen MR) is 89.1 cm³/mol. The summed E-state index contributed by atoms with van der Waals surface area (Å²) < 4.78 is 5.25. The molecule has 0 saturated carbocycles. The lowest BCUT2D eigenvalue weighted by molar-refractivity contribution is -0.145. The molecule has 0 fully saturated rings. The second-order valence-electron chi connectivity index (χ2n) is 6.39. The first kappa shape index (κ1) is 15.1. The molecule has 0 spiro atoms. The van der Waals surface area contributed by atoms with Crippen molar-refractivity contribution in [1.29, 1.82) is 0 Å². The van der Waals surface area contributed by atoms with Crippen LogP contribution < -0.4 is 0 Å². The normalized spacial score (nSPS) is 20.8. The van der Waals surface area contributed by atoms with Crippen LogP contribution in [-0.2, 0) is 21.4 Å². The molecule has 1 heterocycles. The van der Waals surface area contributed by atoms with E-state index in [2.05, 4.69) is 36.2 Å². The first-order valence-electron chi connectivity index (χ1n) is 8.46. The van der Waals surface area contributed by atoms with Gasteiger partial charge in [-0.3, -0.25) is 4.79 Å². The highest BCUT2D eigenvalue weighted by atomic mass is 16.5. The molecular formula is C19H25NO2. The number of rotatable bonds is 5. The zero-order chi connectivity index (χ0) is 15.6. The van der Waals surface area contributed by atoms with Crippen molar-refractivity contribution in [2.45, 2.75) is 57.8 Å². The van der Waals surface area contributed by atoms with E-state index in [1.807, 2.05) is 6.92 Å². The second-order valence-corrected chi connectivity index (χ2v) is 6.39. The summed E-state index contributed by atoms with van der Waals surface area (Å²) in [6, 6.07) is 8.49. The fraction of sp³-hybridized carbons (Fsp3) is 0.526. The first-order chi connectivity index (χ1) is 10.7. The Morgan fingerprint density at radius 1 is 1.32 bits per heavy atom. The lowest BCUT2D eigenvalue weighted by Gasteiger charge is -2.36. The van der Waals surface area contributed by atoms with Crippen molar-refractivity contribution in [2.75, 3.05) is 6.61 Å². The van der Waals surface area contributed by atoms with Gasteiger partial charge in [0.2, 0.25) is 0 Å². The second kappa shape index (κ2) is 6.15. The Morgan fingerprint density at radius 3 is 2.91 bits per heavy atom. The Hall–Kier alpha value is -1.77. The number of ether oxygens (including phenoxy) is 1. The number of carbonyl (C=O) groups is 1. The summed E-state index contributed by atoms with van der Waals surface area (Å²) in [6.45, 7) is 4.53. The van der Waals surface area contributed by atoms with E-state index in [9.17, 15) is 4.79 Å². The van der Waals surface area contributed by atoms with Gasteiger partial charge in [0.1, 0.15) is 0 Å². The minimum absolute atomic E-state index is 0.0672. The average molecular weight is 299 g/mol. The topological polar surface area (TPSA) is 42.1 Å². The maximum Gasteiger partial charge on any atom is 0.306 e. The quantitative estimate of drug-likeness (QED) is 0.826. The van der Waals surface area contributed by atoms with Crippen LogP contribution in [-0.4, -0.2) is 17.6 Å². The molecule has 0 amide bonds. The predicted octanol–water partition coefficient (Wildman–Crippen LogP) is 4.50. The number of esters is 1. The van der Waals surface area contributed by atoms with Crippen molar-refractivity contribution < 1.29 is 9.53 Å². The third kappa shape index (κ3) is 2.53. The Kier molecular flexibility index (Phi) is 4.23. The minimum Gasteiger partial charge on any atom is -0.466 e. The summed E-state index contributed by atoms with van der Waals surface area (Å²) in [6.07, 6.45) is 5.93. The average Bonchev–Trinajstić information content (AvgIpc) is 2.88. The zero-order valence-electron chi connectivity index (χ0n) is 13.6. The van der Waals surface area contributed by atoms with E-state index < -0.39 is 0 Å². The van der Waals surface area contributed by atoms with E-state index >= 15 is 0 Å². The van der Waals surface area contributed by atoms with Crippen LogP contribution in [0.25, 0.3) is 10.9 Å². The zero-order valence-corrected chi connectivity index (χ0v) is 13.6. The van der Waals surface area contributed by atoms with E-state index in [0.29, 0.717) is 13.0 Å². The molecule has 2 aromatic rings. The summed E-state index contributed by atoms with van der Waals surface area (Å²) in [5.41, 5.74) is 3.82. The van der Waals surface area contributed by atoms with Crippen molar-refractivity contribution in [1.82, 2.24) is 4.98 Å². The molecule has 3 rings (SSSR count). The third-order valence-electron chi connectivity index (χ3n) is 4.94. The van der Waals surface area contributed by atoms with Crippen molar-refractivity contribution >= 4 is 16.9 Å². The number of fused-ring (bicyclic) bond motifs is 3. The molecule has 0 radical (unpaired) electrons. The highest BCUT2D eigenvalue weighted by Gasteiger charge is 2.40. The van der Waals surface area contributed by atoms with Gasteiger partial charge in [-0.2, -0.15) is 0 Å². The van der Waals surface area contributed by atoms with E-state index in [1.165, 1.54) is 22.2 Å². The molecule has 1 aromatic heterocycles. The molecule has 1 atom stereocenters. The molecule has 1 aliphatic rings. The van der Waals surface area contributed by atoms with E-state index in [-0.39, 0.29) is 11.4 Å². The number of aromatic amines is 1. The Morgan fingerprint density at radius 2 is 2.14 bits per heavy atom. The van der Waals surface area contributed by atoms with E-state index in [0.717, 1.165) is 32.1 Å². The van der Waals surface area contributed by atoms with Crippen LogP contribution in [0.4, 0.5) is 0 Å². The molecule has 0 aliphatic heterocycles. The van der Waals surface area contributed by atoms with Gasteiger partial charge < -0.3 is 9.72 Å². The molecular weight excluding hydrogens is 274 g/mol. The summed E-state index contributed by atoms with van der Waals surface area (Å²) in [7, 11) is 0. The van der Waals surface area contributed by atoms with Crippen molar-refractivity contribution in [3.05, 3.63) is 35.5 Å². The number of aromatic nitrogens is 1. The van der Waals surface area contributed by atoms with Crippen LogP contribution in [0.15, 0.2) is 24.3 Å². The van der Waals surface area contributed by atoms with Gasteiger partial charge >= 0.3 is 5.97 Å². The monoisotopic (exact) mass is 299 g/mol. The molecule has 0 unspecified atom stereocenters. The van der Waals surface area contributed by atoms with E-state index in [1.54, 1.807) is 0 Å². The number of para-hydroxylation sites is 1. The number of hydrogen-bond acceptors (Lipinski definition) is 2. The molecule has 3 nitrogen and oxygen atoms in total. The molecule has 1 aliphatic carbocycles. The molecule has 1 aromatic carbocycles. The van der Waals surface area contributed by atoms with Gasteiger partial charge in [-0.05, 0) is 44.2 Å². The highest BCUT2D eigenvalue weighted by Crippen LogP contribution is 2.45. The molecule has 3 heteroatoms. The number of nitrogens with one attached hydrogen (secondary N) is 1. The lowest BCUT2D eigenvalue weighted by Crippen LogP contribution is -2.34. The number of aryl methyl sites for hydroxylation is 1. The standard InChI is InChI=1S/C19H25NO2/c1-3-11-19(13-17(21)22-4-2)12-7-9-15-14-8-5-6-10-16(14)20-18(15)19/h5-6,8,10,20H,3-4,7,9,11-13H2,1-2H3/t19-/m0/s1. The number of carbonyl (C=O) groups excluding carboxylic acids is 1. The van der Waals surface area contributed by atoms with Crippen LogP contribution in [0.1, 0.15) is 57.2 Å². The smallest absolute Gasteiger partial charge is 0.306 e. The summed E-state index contributed by atoms with van der Waals surface area (Å²) in [5.74, 6) is -0.0672. The number of hydrogen-bond donors (Lipinski definition) is 1. The minimum atomic E-state index is -0.0758. The van der Waals surface area contributed by atoms with Crippen LogP contribution in [0.5, 0.6) is 0 Å². The third-order valence-corrected chi connectivity index (χ3v) is 4.94. The fourth-order valence-corrected chi connectivity index (χ4v) is 4.12. The SMILES string of the molecule is CCC[C@@]1(CC(=O)OCC)CCCc2c1[nH]c1ccccc21. The lowest BCUT2D eigenvalue weighted by atomic mass is 9.68. The Balaban J connectivity index is 2.07. The van der Waals surface area contributed by atoms with Gasteiger partial charge in [0.25, 0.3) is 0 Å². The molecule has 0 saturated heterocycles. The molecule has 118 valence electrons. The Bertz CT molecular complexity index is 673. The van der Waals surface area contributed by atoms with Crippen molar-refractivity contribution in [2.24, 2.45) is 0 Å². The molecule has 0 bridgehead atoms. The first-order valence-corrected chi connectivity index (χ1v) is 8.46. The van der Waals surface area contributed by atoms with Crippen molar-refractivity contribution in [3.8, 4) is 0 Å². The van der Waals surface area contributed by atoms with Gasteiger partial charge in [-0.15, -0.1) is 0 Å². The summed E-state index contributed by atoms with van der Waals surface area (Å²) in [5, 5.41) is 1.32.